The molecule has 3 aliphatic rings. The van der Waals surface area contributed by atoms with Gasteiger partial charge < -0.3 is 9.42 Å². The lowest BCUT2D eigenvalue weighted by atomic mass is 9.73. The summed E-state index contributed by atoms with van der Waals surface area (Å²) < 4.78 is 7.93. The molecule has 0 aliphatic carbocycles. The number of hydrogen-bond acceptors (Lipinski definition) is 3. The van der Waals surface area contributed by atoms with Gasteiger partial charge in [0.25, 0.3) is 0 Å². The first-order valence-electron chi connectivity index (χ1n) is 13.1. The van der Waals surface area contributed by atoms with Crippen LogP contribution in [0.3, 0.4) is 0 Å². The number of aromatic nitrogens is 1. The molecule has 3 aromatic rings. The highest BCUT2D eigenvalue weighted by Crippen LogP contribution is 2.43. The predicted molar refractivity (Wildman–Crippen MR) is 143 cm³/mol. The van der Waals surface area contributed by atoms with E-state index in [2.05, 4.69) is 84.9 Å². The summed E-state index contributed by atoms with van der Waals surface area (Å²) >= 11 is 0. The summed E-state index contributed by atoms with van der Waals surface area (Å²) in [6, 6.07) is 11.7. The largest absolute Gasteiger partial charge is 0.371 e. The monoisotopic (exact) mass is 466 g/mol. The molecule has 4 heteroatoms. The lowest BCUT2D eigenvalue weighted by molar-refractivity contribution is -0.401. The fourth-order valence-corrected chi connectivity index (χ4v) is 6.71. The van der Waals surface area contributed by atoms with Crippen LogP contribution in [0.25, 0.3) is 6.08 Å². The van der Waals surface area contributed by atoms with E-state index >= 15 is 0 Å². The number of rotatable bonds is 4. The van der Waals surface area contributed by atoms with Crippen molar-refractivity contribution >= 4 is 23.2 Å². The summed E-state index contributed by atoms with van der Waals surface area (Å²) in [6.45, 7) is 11.1. The topological polar surface area (TPSA) is 32.3 Å². The van der Waals surface area contributed by atoms with Crippen LogP contribution in [0.4, 0.5) is 11.4 Å². The van der Waals surface area contributed by atoms with E-state index in [1.54, 1.807) is 0 Å². The van der Waals surface area contributed by atoms with Gasteiger partial charge in [0, 0.05) is 42.0 Å². The molecule has 1 aromatic heterocycles. The Morgan fingerprint density at radius 3 is 2.40 bits per heavy atom. The third-order valence-electron chi connectivity index (χ3n) is 8.53. The third-order valence-corrected chi connectivity index (χ3v) is 8.53. The average molecular weight is 467 g/mol. The number of aryl methyl sites for hydroxylation is 5. The molecule has 0 saturated carbocycles. The Hall–Kier alpha value is -3.14. The molecule has 1 atom stereocenters. The second kappa shape index (κ2) is 8.22. The van der Waals surface area contributed by atoms with Gasteiger partial charge in [-0.2, -0.15) is 4.58 Å². The van der Waals surface area contributed by atoms with Crippen LogP contribution in [-0.4, -0.2) is 35.6 Å². The Bertz CT molecular complexity index is 1340. The molecule has 0 saturated heterocycles. The van der Waals surface area contributed by atoms with Crippen molar-refractivity contribution in [3.05, 3.63) is 81.2 Å². The first-order chi connectivity index (χ1) is 16.8. The second-order valence-electron chi connectivity index (χ2n) is 11.0. The van der Waals surface area contributed by atoms with Crippen molar-refractivity contribution in [1.82, 2.24) is 5.16 Å². The minimum atomic E-state index is -0.160. The van der Waals surface area contributed by atoms with Crippen LogP contribution in [0.2, 0.25) is 0 Å². The summed E-state index contributed by atoms with van der Waals surface area (Å²) in [5.74, 6) is 0.925. The van der Waals surface area contributed by atoms with Gasteiger partial charge in [0.15, 0.2) is 5.71 Å². The van der Waals surface area contributed by atoms with Gasteiger partial charge in [0.1, 0.15) is 12.8 Å². The number of hydrogen-bond donors (Lipinski definition) is 0. The minimum Gasteiger partial charge on any atom is -0.371 e. The van der Waals surface area contributed by atoms with Gasteiger partial charge in [0.05, 0.1) is 11.1 Å². The van der Waals surface area contributed by atoms with E-state index in [9.17, 15) is 0 Å². The summed E-state index contributed by atoms with van der Waals surface area (Å²) in [5.41, 5.74) is 13.3. The first kappa shape index (κ1) is 22.3. The van der Waals surface area contributed by atoms with Crippen LogP contribution < -0.4 is 4.90 Å². The van der Waals surface area contributed by atoms with Gasteiger partial charge in [-0.3, -0.25) is 0 Å². The Labute approximate surface area is 209 Å². The highest BCUT2D eigenvalue weighted by atomic mass is 16.5. The zero-order chi connectivity index (χ0) is 24.3. The highest BCUT2D eigenvalue weighted by molar-refractivity contribution is 6.06. The Balaban J connectivity index is 1.43. The molecule has 180 valence electrons. The molecule has 35 heavy (non-hydrogen) atoms. The molecule has 6 rings (SSSR count). The predicted octanol–water partition coefficient (Wildman–Crippen LogP) is 6.24. The standard InChI is InChI=1S/C31H36N3O/c1-20-10-12-28-27(16-20)31(4,19-26-21(2)32-35-22(26)3)29(33(28)5)13-11-23-17-24-8-6-14-34-15-7-9-25(18-23)30(24)34/h10-13,16-18H,6-9,14-15,19H2,1-5H3/q+1. The SMILES string of the molecule is Cc1ccc2c(c1)C(C)(Cc1c(C)noc1C)C(/C=C/c1cc3c4c(c1)CCCN4CCC3)=[N+]2C. The minimum absolute atomic E-state index is 0.160. The molecule has 3 aliphatic heterocycles. The van der Waals surface area contributed by atoms with E-state index in [0.29, 0.717) is 0 Å². The number of benzene rings is 2. The van der Waals surface area contributed by atoms with Crippen LogP contribution in [-0.2, 0) is 24.7 Å². The fraction of sp³-hybridized carbons (Fsp3) is 0.419. The highest BCUT2D eigenvalue weighted by Gasteiger charge is 2.47. The number of nitrogens with zero attached hydrogens (tertiary/aromatic N) is 3. The van der Waals surface area contributed by atoms with Crippen molar-refractivity contribution in [1.29, 1.82) is 0 Å². The van der Waals surface area contributed by atoms with Gasteiger partial charge in [-0.15, -0.1) is 0 Å². The van der Waals surface area contributed by atoms with Gasteiger partial charge in [0.2, 0.25) is 5.69 Å². The van der Waals surface area contributed by atoms with Crippen LogP contribution in [0.5, 0.6) is 0 Å². The Kier molecular flexibility index (Phi) is 5.24. The van der Waals surface area contributed by atoms with Crippen molar-refractivity contribution in [3.8, 4) is 0 Å². The maximum absolute atomic E-state index is 5.55. The van der Waals surface area contributed by atoms with Gasteiger partial charge >= 0.3 is 0 Å². The van der Waals surface area contributed by atoms with Gasteiger partial charge in [-0.25, -0.2) is 0 Å². The quantitative estimate of drug-likeness (QED) is 0.427. The third kappa shape index (κ3) is 3.57. The average Bonchev–Trinajstić information content (AvgIpc) is 3.26. The molecule has 0 N–H and O–H groups in total. The molecule has 0 bridgehead atoms. The smallest absolute Gasteiger partial charge is 0.209 e. The second-order valence-corrected chi connectivity index (χ2v) is 11.0. The molecule has 2 aromatic carbocycles. The molecule has 4 heterocycles. The van der Waals surface area contributed by atoms with Gasteiger partial charge in [-0.1, -0.05) is 16.8 Å². The van der Waals surface area contributed by atoms with Crippen LogP contribution in [0.1, 0.15) is 64.6 Å². The van der Waals surface area contributed by atoms with Crippen molar-refractivity contribution in [2.24, 2.45) is 0 Å². The Morgan fingerprint density at radius 2 is 1.74 bits per heavy atom. The Morgan fingerprint density at radius 1 is 1.03 bits per heavy atom. The lowest BCUT2D eigenvalue weighted by Gasteiger charge is -2.37. The summed E-state index contributed by atoms with van der Waals surface area (Å²) in [5, 5.41) is 4.25. The fourth-order valence-electron chi connectivity index (χ4n) is 6.71. The van der Waals surface area contributed by atoms with Crippen LogP contribution in [0.15, 0.2) is 40.9 Å². The van der Waals surface area contributed by atoms with E-state index < -0.39 is 0 Å². The normalized spacial score (nSPS) is 21.1. The molecule has 0 amide bonds. The molecule has 4 nitrogen and oxygen atoms in total. The van der Waals surface area contributed by atoms with E-state index in [1.807, 2.05) is 6.92 Å². The molecular weight excluding hydrogens is 430 g/mol. The molecular formula is C31H36N3O+. The summed E-state index contributed by atoms with van der Waals surface area (Å²) in [6.07, 6.45) is 10.5. The van der Waals surface area contributed by atoms with E-state index in [-0.39, 0.29) is 5.41 Å². The molecule has 0 radical (unpaired) electrons. The summed E-state index contributed by atoms with van der Waals surface area (Å²) in [4.78, 5) is 2.62. The van der Waals surface area contributed by atoms with Crippen molar-refractivity contribution < 1.29 is 9.10 Å². The van der Waals surface area contributed by atoms with Crippen molar-refractivity contribution in [2.75, 3.05) is 25.0 Å². The number of fused-ring (bicyclic) bond motifs is 1. The summed E-state index contributed by atoms with van der Waals surface area (Å²) in [7, 11) is 2.21. The maximum Gasteiger partial charge on any atom is 0.209 e. The maximum atomic E-state index is 5.55. The van der Waals surface area contributed by atoms with E-state index in [4.69, 9.17) is 4.52 Å². The molecule has 0 fully saturated rings. The van der Waals surface area contributed by atoms with Crippen LogP contribution >= 0.6 is 0 Å². The van der Waals surface area contributed by atoms with Gasteiger partial charge in [-0.05, 0) is 101 Å². The first-order valence-corrected chi connectivity index (χ1v) is 13.1. The van der Waals surface area contributed by atoms with Crippen molar-refractivity contribution in [2.45, 2.75) is 65.2 Å². The lowest BCUT2D eigenvalue weighted by Crippen LogP contribution is -2.34. The zero-order valence-electron chi connectivity index (χ0n) is 21.7. The number of anilines is 1. The van der Waals surface area contributed by atoms with E-state index in [0.717, 1.165) is 17.9 Å². The van der Waals surface area contributed by atoms with Crippen LogP contribution in [0, 0.1) is 20.8 Å². The zero-order valence-corrected chi connectivity index (χ0v) is 21.7. The number of allylic oxidation sites excluding steroid dienone is 1. The van der Waals surface area contributed by atoms with E-state index in [1.165, 1.54) is 89.2 Å². The molecule has 1 unspecified atom stereocenters. The van der Waals surface area contributed by atoms with Crippen molar-refractivity contribution in [3.63, 3.8) is 0 Å². The molecule has 0 spiro atoms.